The summed E-state index contributed by atoms with van der Waals surface area (Å²) in [7, 11) is -3.85. The third kappa shape index (κ3) is 4.50. The summed E-state index contributed by atoms with van der Waals surface area (Å²) >= 11 is 1.56. The minimum absolute atomic E-state index is 0.0357. The number of benzene rings is 1. The summed E-state index contributed by atoms with van der Waals surface area (Å²) < 4.78 is 36.7. The summed E-state index contributed by atoms with van der Waals surface area (Å²) in [6.45, 7) is 4.47. The maximum Gasteiger partial charge on any atom is 0.290 e. The van der Waals surface area contributed by atoms with E-state index in [2.05, 4.69) is 0 Å². The van der Waals surface area contributed by atoms with E-state index in [4.69, 9.17) is 8.83 Å². The van der Waals surface area contributed by atoms with Crippen molar-refractivity contribution >= 4 is 27.1 Å². The summed E-state index contributed by atoms with van der Waals surface area (Å²) in [6, 6.07) is 14.8. The van der Waals surface area contributed by atoms with Gasteiger partial charge in [-0.25, -0.2) is 8.42 Å². The molecule has 0 aliphatic rings. The summed E-state index contributed by atoms with van der Waals surface area (Å²) in [6.07, 6.45) is 1.55. The van der Waals surface area contributed by atoms with E-state index in [-0.39, 0.29) is 22.3 Å². The lowest BCUT2D eigenvalue weighted by atomic mass is 10.2. The number of hydrogen-bond donors (Lipinski definition) is 0. The molecule has 0 bridgehead atoms. The minimum Gasteiger partial charge on any atom is -0.467 e. The lowest BCUT2D eigenvalue weighted by Gasteiger charge is -2.20. The molecule has 0 saturated heterocycles. The lowest BCUT2D eigenvalue weighted by Crippen LogP contribution is -2.29. The Kier molecular flexibility index (Phi) is 5.84. The van der Waals surface area contributed by atoms with E-state index in [1.165, 1.54) is 24.3 Å². The Morgan fingerprint density at radius 2 is 1.77 bits per heavy atom. The second-order valence-corrected chi connectivity index (χ2v) is 10.1. The SMILES string of the molecule is Cc1ccc(S(=O)(=O)c2ccc(C(=O)N(Cc3ccco3)Cc3sccc3C)o2)cc1. The van der Waals surface area contributed by atoms with E-state index < -0.39 is 15.7 Å². The van der Waals surface area contributed by atoms with Gasteiger partial charge in [0.25, 0.3) is 5.91 Å². The molecule has 0 unspecified atom stereocenters. The number of carbonyl (C=O) groups excluding carboxylic acids is 1. The fourth-order valence-electron chi connectivity index (χ4n) is 3.10. The van der Waals surface area contributed by atoms with E-state index in [1.807, 2.05) is 25.3 Å². The first-order valence-electron chi connectivity index (χ1n) is 9.61. The van der Waals surface area contributed by atoms with Gasteiger partial charge in [0.15, 0.2) is 5.76 Å². The number of sulfone groups is 1. The van der Waals surface area contributed by atoms with Gasteiger partial charge in [0, 0.05) is 4.88 Å². The van der Waals surface area contributed by atoms with Crippen LogP contribution in [0.15, 0.2) is 85.1 Å². The van der Waals surface area contributed by atoms with Crippen LogP contribution < -0.4 is 0 Å². The molecule has 4 rings (SSSR count). The number of rotatable bonds is 7. The highest BCUT2D eigenvalue weighted by atomic mass is 32.2. The van der Waals surface area contributed by atoms with Crippen molar-refractivity contribution in [3.8, 4) is 0 Å². The van der Waals surface area contributed by atoms with Crippen molar-refractivity contribution in [2.45, 2.75) is 36.9 Å². The molecular formula is C23H21NO5S2. The van der Waals surface area contributed by atoms with Crippen molar-refractivity contribution < 1.29 is 22.0 Å². The van der Waals surface area contributed by atoms with Gasteiger partial charge in [-0.1, -0.05) is 17.7 Å². The number of thiophene rings is 1. The second kappa shape index (κ2) is 8.56. The maximum atomic E-state index is 13.2. The Morgan fingerprint density at radius 3 is 2.42 bits per heavy atom. The van der Waals surface area contributed by atoms with Gasteiger partial charge in [0.05, 0.1) is 24.2 Å². The standard InChI is InChI=1S/C23H21NO5S2/c1-16-5-7-19(8-6-16)31(26,27)22-10-9-20(29-22)23(25)24(14-18-4-3-12-28-18)15-21-17(2)11-13-30-21/h3-13H,14-15H2,1-2H3. The normalized spacial score (nSPS) is 11.5. The highest BCUT2D eigenvalue weighted by Crippen LogP contribution is 2.26. The minimum atomic E-state index is -3.85. The zero-order chi connectivity index (χ0) is 22.0. The van der Waals surface area contributed by atoms with Crippen LogP contribution >= 0.6 is 11.3 Å². The Balaban J connectivity index is 1.62. The molecule has 0 saturated carbocycles. The van der Waals surface area contributed by atoms with Crippen molar-refractivity contribution in [3.63, 3.8) is 0 Å². The predicted molar refractivity (Wildman–Crippen MR) is 117 cm³/mol. The van der Waals surface area contributed by atoms with Gasteiger partial charge in [0.2, 0.25) is 14.9 Å². The Hall–Kier alpha value is -3.10. The van der Waals surface area contributed by atoms with E-state index in [0.29, 0.717) is 12.3 Å². The predicted octanol–water partition coefficient (Wildman–Crippen LogP) is 5.23. The number of hydrogen-bond acceptors (Lipinski definition) is 6. The summed E-state index contributed by atoms with van der Waals surface area (Å²) in [5.41, 5.74) is 2.04. The van der Waals surface area contributed by atoms with E-state index in [9.17, 15) is 13.2 Å². The molecule has 0 atom stereocenters. The molecule has 6 nitrogen and oxygen atoms in total. The van der Waals surface area contributed by atoms with Gasteiger partial charge in [0.1, 0.15) is 5.76 Å². The van der Waals surface area contributed by atoms with Gasteiger partial charge >= 0.3 is 0 Å². The van der Waals surface area contributed by atoms with Gasteiger partial charge in [-0.05, 0) is 67.3 Å². The molecule has 1 aromatic carbocycles. The molecule has 0 radical (unpaired) electrons. The van der Waals surface area contributed by atoms with Crippen LogP contribution in [0.5, 0.6) is 0 Å². The third-order valence-corrected chi connectivity index (χ3v) is 7.55. The van der Waals surface area contributed by atoms with Crippen molar-refractivity contribution in [1.29, 1.82) is 0 Å². The zero-order valence-electron chi connectivity index (χ0n) is 17.1. The zero-order valence-corrected chi connectivity index (χ0v) is 18.7. The number of aryl methyl sites for hydroxylation is 2. The molecule has 0 spiro atoms. The van der Waals surface area contributed by atoms with Crippen LogP contribution in [-0.2, 0) is 22.9 Å². The number of furan rings is 2. The molecule has 0 aliphatic heterocycles. The first-order chi connectivity index (χ1) is 14.8. The smallest absolute Gasteiger partial charge is 0.290 e. The second-order valence-electron chi connectivity index (χ2n) is 7.20. The fraction of sp³-hybridized carbons (Fsp3) is 0.174. The van der Waals surface area contributed by atoms with E-state index in [0.717, 1.165) is 16.0 Å². The molecule has 3 heterocycles. The molecule has 0 fully saturated rings. The van der Waals surface area contributed by atoms with Crippen LogP contribution in [0, 0.1) is 13.8 Å². The van der Waals surface area contributed by atoms with Crippen LogP contribution in [0.4, 0.5) is 0 Å². The summed E-state index contributed by atoms with van der Waals surface area (Å²) in [4.78, 5) is 16.0. The number of amides is 1. The van der Waals surface area contributed by atoms with Crippen molar-refractivity contribution in [2.75, 3.05) is 0 Å². The van der Waals surface area contributed by atoms with Gasteiger partial charge in [-0.2, -0.15) is 0 Å². The largest absolute Gasteiger partial charge is 0.467 e. The molecule has 0 aliphatic carbocycles. The molecule has 3 aromatic heterocycles. The number of nitrogens with zero attached hydrogens (tertiary/aromatic N) is 1. The maximum absolute atomic E-state index is 13.2. The highest BCUT2D eigenvalue weighted by Gasteiger charge is 2.26. The summed E-state index contributed by atoms with van der Waals surface area (Å²) in [5.74, 6) is 0.183. The third-order valence-electron chi connectivity index (χ3n) is 4.90. The number of carbonyl (C=O) groups is 1. The Bertz CT molecular complexity index is 1280. The highest BCUT2D eigenvalue weighted by molar-refractivity contribution is 7.91. The quantitative estimate of drug-likeness (QED) is 0.381. The van der Waals surface area contributed by atoms with Crippen molar-refractivity contribution in [1.82, 2.24) is 4.90 Å². The van der Waals surface area contributed by atoms with Crippen LogP contribution in [0.25, 0.3) is 0 Å². The van der Waals surface area contributed by atoms with Crippen LogP contribution in [0.3, 0.4) is 0 Å². The average molecular weight is 456 g/mol. The Morgan fingerprint density at radius 1 is 1.00 bits per heavy atom. The van der Waals surface area contributed by atoms with Crippen LogP contribution in [-0.4, -0.2) is 19.2 Å². The molecule has 31 heavy (non-hydrogen) atoms. The molecule has 4 aromatic rings. The van der Waals surface area contributed by atoms with E-state index in [1.54, 1.807) is 46.8 Å². The molecule has 1 amide bonds. The first kappa shape index (κ1) is 21.1. The first-order valence-corrected chi connectivity index (χ1v) is 12.0. The van der Waals surface area contributed by atoms with Crippen LogP contribution in [0.1, 0.15) is 32.3 Å². The van der Waals surface area contributed by atoms with Crippen molar-refractivity contribution in [2.24, 2.45) is 0 Å². The fourth-order valence-corrected chi connectivity index (χ4v) is 5.19. The van der Waals surface area contributed by atoms with E-state index >= 15 is 0 Å². The molecule has 0 N–H and O–H groups in total. The summed E-state index contributed by atoms with van der Waals surface area (Å²) in [5, 5.41) is 1.71. The van der Waals surface area contributed by atoms with Crippen molar-refractivity contribution in [3.05, 3.63) is 93.8 Å². The Labute approximate surface area is 184 Å². The van der Waals surface area contributed by atoms with Gasteiger partial charge < -0.3 is 13.7 Å². The average Bonchev–Trinajstić information content (AvgIpc) is 3.50. The molecule has 8 heteroatoms. The molecule has 160 valence electrons. The monoisotopic (exact) mass is 455 g/mol. The van der Waals surface area contributed by atoms with Crippen LogP contribution in [0.2, 0.25) is 0 Å². The van der Waals surface area contributed by atoms with Gasteiger partial charge in [-0.3, -0.25) is 4.79 Å². The van der Waals surface area contributed by atoms with Gasteiger partial charge in [-0.15, -0.1) is 11.3 Å². The topological polar surface area (TPSA) is 80.7 Å². The molecular weight excluding hydrogens is 434 g/mol. The lowest BCUT2D eigenvalue weighted by molar-refractivity contribution is 0.0681.